The first-order valence-electron chi connectivity index (χ1n) is 4.69. The molecule has 1 aromatic rings. The molecule has 0 radical (unpaired) electrons. The van der Waals surface area contributed by atoms with Crippen LogP contribution in [0.2, 0.25) is 5.02 Å². The Morgan fingerprint density at radius 2 is 2.00 bits per heavy atom. The van der Waals surface area contributed by atoms with Crippen molar-refractivity contribution in [2.75, 3.05) is 0 Å². The van der Waals surface area contributed by atoms with E-state index in [-0.39, 0.29) is 0 Å². The maximum atomic E-state index is 5.83. The molecule has 1 fully saturated rings. The first-order chi connectivity index (χ1) is 6.18. The summed E-state index contributed by atoms with van der Waals surface area (Å²) in [6.45, 7) is 2.08. The van der Waals surface area contributed by atoms with Gasteiger partial charge in [0.2, 0.25) is 0 Å². The summed E-state index contributed by atoms with van der Waals surface area (Å²) in [5, 5.41) is 0.807. The van der Waals surface area contributed by atoms with Gasteiger partial charge in [0, 0.05) is 11.1 Å². The number of hydrogen-bond donors (Lipinski definition) is 1. The Morgan fingerprint density at radius 3 is 2.46 bits per heavy atom. The highest BCUT2D eigenvalue weighted by Crippen LogP contribution is 2.48. The van der Waals surface area contributed by atoms with Crippen LogP contribution < -0.4 is 5.73 Å². The van der Waals surface area contributed by atoms with Crippen LogP contribution in [-0.2, 0) is 0 Å². The minimum atomic E-state index is 0.320. The Labute approximate surface area is 83.9 Å². The second-order valence-corrected chi connectivity index (χ2v) is 4.35. The van der Waals surface area contributed by atoms with Gasteiger partial charge in [-0.3, -0.25) is 0 Å². The minimum Gasteiger partial charge on any atom is -0.328 e. The van der Waals surface area contributed by atoms with E-state index in [0.29, 0.717) is 17.9 Å². The first kappa shape index (κ1) is 9.04. The van der Waals surface area contributed by atoms with Crippen molar-refractivity contribution >= 4 is 11.6 Å². The number of hydrogen-bond acceptors (Lipinski definition) is 1. The van der Waals surface area contributed by atoms with Gasteiger partial charge in [-0.15, -0.1) is 0 Å². The molecule has 1 aliphatic carbocycles. The van der Waals surface area contributed by atoms with Crippen LogP contribution in [0, 0.1) is 5.92 Å². The molecule has 0 bridgehead atoms. The molecule has 0 aromatic heterocycles. The van der Waals surface area contributed by atoms with Gasteiger partial charge >= 0.3 is 0 Å². The molecular weight excluding hydrogens is 182 g/mol. The van der Waals surface area contributed by atoms with Crippen molar-refractivity contribution < 1.29 is 0 Å². The molecule has 0 aliphatic heterocycles. The van der Waals surface area contributed by atoms with E-state index >= 15 is 0 Å². The summed E-state index contributed by atoms with van der Waals surface area (Å²) in [4.78, 5) is 0. The molecule has 70 valence electrons. The van der Waals surface area contributed by atoms with Crippen LogP contribution in [0.25, 0.3) is 0 Å². The second-order valence-electron chi connectivity index (χ2n) is 3.92. The summed E-state index contributed by atoms with van der Waals surface area (Å²) < 4.78 is 0. The molecule has 1 aromatic carbocycles. The normalized spacial score (nSPS) is 28.5. The molecule has 0 unspecified atom stereocenters. The van der Waals surface area contributed by atoms with Gasteiger partial charge in [-0.1, -0.05) is 23.7 Å². The number of nitrogens with two attached hydrogens (primary N) is 1. The van der Waals surface area contributed by atoms with E-state index in [1.165, 1.54) is 12.0 Å². The van der Waals surface area contributed by atoms with Crippen molar-refractivity contribution in [1.82, 2.24) is 0 Å². The van der Waals surface area contributed by atoms with Gasteiger partial charge in [-0.05, 0) is 42.9 Å². The molecule has 2 rings (SSSR count). The Balaban J connectivity index is 2.08. The summed E-state index contributed by atoms with van der Waals surface area (Å²) in [5.74, 6) is 1.36. The van der Waals surface area contributed by atoms with Crippen molar-refractivity contribution in [3.8, 4) is 0 Å². The third kappa shape index (κ3) is 1.87. The zero-order chi connectivity index (χ0) is 9.42. The third-order valence-corrected chi connectivity index (χ3v) is 3.07. The van der Waals surface area contributed by atoms with Crippen molar-refractivity contribution in [2.24, 2.45) is 11.7 Å². The van der Waals surface area contributed by atoms with Crippen LogP contribution in [0.4, 0.5) is 0 Å². The van der Waals surface area contributed by atoms with Crippen molar-refractivity contribution in [2.45, 2.75) is 25.3 Å². The summed E-state index contributed by atoms with van der Waals surface area (Å²) in [6, 6.07) is 8.44. The average molecular weight is 196 g/mol. The van der Waals surface area contributed by atoms with E-state index in [1.54, 1.807) is 0 Å². The van der Waals surface area contributed by atoms with Crippen LogP contribution in [-0.4, -0.2) is 6.04 Å². The molecule has 1 aliphatic rings. The fourth-order valence-electron chi connectivity index (χ4n) is 1.89. The fourth-order valence-corrected chi connectivity index (χ4v) is 2.01. The zero-order valence-electron chi connectivity index (χ0n) is 7.70. The van der Waals surface area contributed by atoms with Crippen molar-refractivity contribution in [3.05, 3.63) is 34.9 Å². The lowest BCUT2D eigenvalue weighted by molar-refractivity contribution is 0.631. The standard InChI is InChI=1S/C11H14ClN/c1-7(13)10-6-11(10)8-2-4-9(12)5-3-8/h2-5,7,10-11H,6,13H2,1H3/t7-,10+,11-/m0/s1. The monoisotopic (exact) mass is 195 g/mol. The van der Waals surface area contributed by atoms with Gasteiger partial charge in [-0.2, -0.15) is 0 Å². The summed E-state index contributed by atoms with van der Waals surface area (Å²) >= 11 is 5.81. The molecule has 2 N–H and O–H groups in total. The molecule has 3 atom stereocenters. The SMILES string of the molecule is C[C@H](N)[C@H]1C[C@H]1c1ccc(Cl)cc1. The molecule has 0 saturated heterocycles. The summed E-state index contributed by atoms with van der Waals surface area (Å²) in [5.41, 5.74) is 7.21. The zero-order valence-corrected chi connectivity index (χ0v) is 8.46. The van der Waals surface area contributed by atoms with Crippen LogP contribution in [0.3, 0.4) is 0 Å². The quantitative estimate of drug-likeness (QED) is 0.772. The van der Waals surface area contributed by atoms with E-state index in [0.717, 1.165) is 5.02 Å². The van der Waals surface area contributed by atoms with Crippen LogP contribution in [0.15, 0.2) is 24.3 Å². The lowest BCUT2D eigenvalue weighted by Crippen LogP contribution is -2.17. The molecule has 1 nitrogen and oxygen atoms in total. The molecule has 13 heavy (non-hydrogen) atoms. The van der Waals surface area contributed by atoms with Gasteiger partial charge in [0.15, 0.2) is 0 Å². The van der Waals surface area contributed by atoms with E-state index < -0.39 is 0 Å². The van der Waals surface area contributed by atoms with Crippen LogP contribution in [0.1, 0.15) is 24.8 Å². The van der Waals surface area contributed by atoms with Crippen LogP contribution in [0.5, 0.6) is 0 Å². The topological polar surface area (TPSA) is 26.0 Å². The molecule has 1 saturated carbocycles. The Kier molecular flexibility index (Phi) is 2.31. The number of halogens is 1. The maximum absolute atomic E-state index is 5.83. The molecular formula is C11H14ClN. The van der Waals surface area contributed by atoms with E-state index in [4.69, 9.17) is 17.3 Å². The average Bonchev–Trinajstić information content (AvgIpc) is 2.85. The van der Waals surface area contributed by atoms with Crippen LogP contribution >= 0.6 is 11.6 Å². The van der Waals surface area contributed by atoms with E-state index in [1.807, 2.05) is 12.1 Å². The van der Waals surface area contributed by atoms with Crippen molar-refractivity contribution in [3.63, 3.8) is 0 Å². The van der Waals surface area contributed by atoms with Gasteiger partial charge in [0.05, 0.1) is 0 Å². The smallest absolute Gasteiger partial charge is 0.0406 e. The highest BCUT2D eigenvalue weighted by atomic mass is 35.5. The predicted molar refractivity (Wildman–Crippen MR) is 55.9 cm³/mol. The molecule has 0 spiro atoms. The molecule has 0 amide bonds. The summed E-state index contributed by atoms with van der Waals surface area (Å²) in [7, 11) is 0. The maximum Gasteiger partial charge on any atom is 0.0406 e. The largest absolute Gasteiger partial charge is 0.328 e. The highest BCUT2D eigenvalue weighted by Gasteiger charge is 2.40. The molecule has 0 heterocycles. The lowest BCUT2D eigenvalue weighted by atomic mass is 10.1. The van der Waals surface area contributed by atoms with Crippen molar-refractivity contribution in [1.29, 1.82) is 0 Å². The Bertz CT molecular complexity index is 291. The second kappa shape index (κ2) is 3.32. The Hall–Kier alpha value is -0.530. The van der Waals surface area contributed by atoms with Gasteiger partial charge in [-0.25, -0.2) is 0 Å². The minimum absolute atomic E-state index is 0.320. The number of rotatable bonds is 2. The van der Waals surface area contributed by atoms with E-state index in [9.17, 15) is 0 Å². The fraction of sp³-hybridized carbons (Fsp3) is 0.455. The van der Waals surface area contributed by atoms with E-state index in [2.05, 4.69) is 19.1 Å². The Morgan fingerprint density at radius 1 is 1.38 bits per heavy atom. The third-order valence-electron chi connectivity index (χ3n) is 2.81. The van der Waals surface area contributed by atoms with Gasteiger partial charge in [0.25, 0.3) is 0 Å². The first-order valence-corrected chi connectivity index (χ1v) is 5.07. The summed E-state index contributed by atoms with van der Waals surface area (Å²) in [6.07, 6.45) is 1.24. The predicted octanol–water partition coefficient (Wildman–Crippen LogP) is 2.79. The lowest BCUT2D eigenvalue weighted by Gasteiger charge is -2.03. The highest BCUT2D eigenvalue weighted by molar-refractivity contribution is 6.30. The van der Waals surface area contributed by atoms with Gasteiger partial charge in [0.1, 0.15) is 0 Å². The number of benzene rings is 1. The van der Waals surface area contributed by atoms with Gasteiger partial charge < -0.3 is 5.73 Å². The molecule has 2 heteroatoms.